The van der Waals surface area contributed by atoms with Crippen LogP contribution in [0.5, 0.6) is 0 Å². The summed E-state index contributed by atoms with van der Waals surface area (Å²) in [4.78, 5) is 2.69. The first-order valence-electron chi connectivity index (χ1n) is 8.20. The molecule has 0 unspecified atom stereocenters. The molecule has 0 radical (unpaired) electrons. The number of benzene rings is 1. The summed E-state index contributed by atoms with van der Waals surface area (Å²) in [5, 5.41) is 3.30. The van der Waals surface area contributed by atoms with E-state index in [1.54, 1.807) is 6.07 Å². The predicted octanol–water partition coefficient (Wildman–Crippen LogP) is 1.59. The van der Waals surface area contributed by atoms with Gasteiger partial charge in [-0.15, -0.1) is 24.8 Å². The van der Waals surface area contributed by atoms with Crippen LogP contribution in [0.25, 0.3) is 0 Å². The number of sulfonamides is 1. The molecule has 1 aliphatic heterocycles. The van der Waals surface area contributed by atoms with E-state index in [4.69, 9.17) is 0 Å². The summed E-state index contributed by atoms with van der Waals surface area (Å²) in [6.07, 6.45) is 4.44. The largest absolute Gasteiger partial charge is 0.314 e. The fraction of sp³-hybridized carbons (Fsp3) is 0.625. The molecule has 1 aromatic carbocycles. The first kappa shape index (κ1) is 21.7. The number of halogens is 2. The maximum absolute atomic E-state index is 12.4. The van der Waals surface area contributed by atoms with Crippen LogP contribution in [0.4, 0.5) is 0 Å². The van der Waals surface area contributed by atoms with Crippen molar-refractivity contribution in [2.75, 3.05) is 39.3 Å². The third kappa shape index (κ3) is 5.58. The van der Waals surface area contributed by atoms with E-state index in [0.29, 0.717) is 11.4 Å². The molecule has 2 aliphatic rings. The number of aryl methyl sites for hydroxylation is 2. The molecule has 138 valence electrons. The summed E-state index contributed by atoms with van der Waals surface area (Å²) < 4.78 is 27.6. The van der Waals surface area contributed by atoms with Gasteiger partial charge in [0.05, 0.1) is 4.90 Å². The summed E-state index contributed by atoms with van der Waals surface area (Å²) in [5.41, 5.74) is 2.52. The van der Waals surface area contributed by atoms with E-state index < -0.39 is 10.0 Å². The lowest BCUT2D eigenvalue weighted by Gasteiger charge is -2.27. The van der Waals surface area contributed by atoms with E-state index in [1.807, 2.05) is 12.1 Å². The molecule has 0 amide bonds. The Labute approximate surface area is 157 Å². The van der Waals surface area contributed by atoms with Gasteiger partial charge >= 0.3 is 0 Å². The Kier molecular flexibility index (Phi) is 8.98. The highest BCUT2D eigenvalue weighted by Crippen LogP contribution is 2.23. The summed E-state index contributed by atoms with van der Waals surface area (Å²) in [5.74, 6) is 0. The van der Waals surface area contributed by atoms with Crippen LogP contribution in [0.1, 0.15) is 24.0 Å². The van der Waals surface area contributed by atoms with Crippen LogP contribution in [0.2, 0.25) is 0 Å². The molecule has 0 aromatic heterocycles. The zero-order valence-corrected chi connectivity index (χ0v) is 16.2. The van der Waals surface area contributed by atoms with Crippen LogP contribution in [0.15, 0.2) is 23.1 Å². The number of rotatable bonds is 5. The van der Waals surface area contributed by atoms with Crippen molar-refractivity contribution in [3.63, 3.8) is 0 Å². The molecule has 1 aromatic rings. The standard InChI is InChI=1S/C16H25N3O2S.2ClH/c20-22(21,18-9-12-19-10-7-17-8-11-19)16-6-5-14-3-1-2-4-15(14)13-16;;/h5-6,13,17-18H,1-4,7-12H2;2*1H. The fourth-order valence-electron chi connectivity index (χ4n) is 3.23. The summed E-state index contributed by atoms with van der Waals surface area (Å²) in [6, 6.07) is 5.60. The topological polar surface area (TPSA) is 61.4 Å². The number of nitrogens with zero attached hydrogens (tertiary/aromatic N) is 1. The van der Waals surface area contributed by atoms with Gasteiger partial charge in [-0.25, -0.2) is 13.1 Å². The first-order valence-corrected chi connectivity index (χ1v) is 9.68. The Morgan fingerprint density at radius 3 is 2.42 bits per heavy atom. The smallest absolute Gasteiger partial charge is 0.240 e. The second-order valence-electron chi connectivity index (χ2n) is 6.13. The van der Waals surface area contributed by atoms with Gasteiger partial charge in [-0.1, -0.05) is 6.07 Å². The molecule has 0 saturated carbocycles. The highest BCUT2D eigenvalue weighted by atomic mass is 35.5. The van der Waals surface area contributed by atoms with Gasteiger partial charge in [0.1, 0.15) is 0 Å². The lowest BCUT2D eigenvalue weighted by atomic mass is 9.92. The average Bonchev–Trinajstić information content (AvgIpc) is 2.55. The van der Waals surface area contributed by atoms with Crippen molar-refractivity contribution in [2.45, 2.75) is 30.6 Å². The number of nitrogens with one attached hydrogen (secondary N) is 2. The van der Waals surface area contributed by atoms with Gasteiger partial charge in [0.15, 0.2) is 0 Å². The molecular formula is C16H27Cl2N3O2S. The quantitative estimate of drug-likeness (QED) is 0.794. The van der Waals surface area contributed by atoms with Gasteiger partial charge in [0, 0.05) is 39.3 Å². The molecular weight excluding hydrogens is 369 g/mol. The first-order chi connectivity index (χ1) is 10.6. The molecule has 2 N–H and O–H groups in total. The number of piperazine rings is 1. The molecule has 0 spiro atoms. The molecule has 24 heavy (non-hydrogen) atoms. The summed E-state index contributed by atoms with van der Waals surface area (Å²) >= 11 is 0. The van der Waals surface area contributed by atoms with Gasteiger partial charge in [-0.3, -0.25) is 4.90 Å². The Hall–Kier alpha value is -0.370. The maximum atomic E-state index is 12.4. The van der Waals surface area contributed by atoms with Gasteiger partial charge in [-0.05, 0) is 48.9 Å². The average molecular weight is 396 g/mol. The van der Waals surface area contributed by atoms with Crippen LogP contribution in [0.3, 0.4) is 0 Å². The summed E-state index contributed by atoms with van der Waals surface area (Å²) in [6.45, 7) is 5.18. The van der Waals surface area contributed by atoms with Crippen molar-refractivity contribution in [1.29, 1.82) is 0 Å². The lowest BCUT2D eigenvalue weighted by molar-refractivity contribution is 0.245. The van der Waals surface area contributed by atoms with Crippen LogP contribution in [-0.2, 0) is 22.9 Å². The van der Waals surface area contributed by atoms with E-state index in [-0.39, 0.29) is 24.8 Å². The SMILES string of the molecule is Cl.Cl.O=S(=O)(NCCN1CCNCC1)c1ccc2c(c1)CCCC2. The van der Waals surface area contributed by atoms with E-state index in [2.05, 4.69) is 14.9 Å². The van der Waals surface area contributed by atoms with E-state index >= 15 is 0 Å². The minimum absolute atomic E-state index is 0. The van der Waals surface area contributed by atoms with Crippen LogP contribution < -0.4 is 10.0 Å². The second kappa shape index (κ2) is 9.94. The highest BCUT2D eigenvalue weighted by Gasteiger charge is 2.18. The van der Waals surface area contributed by atoms with Crippen molar-refractivity contribution < 1.29 is 8.42 Å². The van der Waals surface area contributed by atoms with E-state index in [9.17, 15) is 8.42 Å². The molecule has 3 rings (SSSR count). The second-order valence-corrected chi connectivity index (χ2v) is 7.89. The molecule has 1 saturated heterocycles. The minimum Gasteiger partial charge on any atom is -0.314 e. The maximum Gasteiger partial charge on any atom is 0.240 e. The Morgan fingerprint density at radius 2 is 1.71 bits per heavy atom. The molecule has 0 bridgehead atoms. The normalized spacial score (nSPS) is 18.2. The van der Waals surface area contributed by atoms with Gasteiger partial charge in [0.25, 0.3) is 0 Å². The molecule has 0 atom stereocenters. The number of fused-ring (bicyclic) bond motifs is 1. The van der Waals surface area contributed by atoms with Gasteiger partial charge < -0.3 is 5.32 Å². The van der Waals surface area contributed by atoms with Crippen molar-refractivity contribution in [2.24, 2.45) is 0 Å². The molecule has 1 fully saturated rings. The zero-order valence-electron chi connectivity index (χ0n) is 13.8. The van der Waals surface area contributed by atoms with Crippen molar-refractivity contribution in [3.05, 3.63) is 29.3 Å². The number of hydrogen-bond donors (Lipinski definition) is 2. The molecule has 5 nitrogen and oxygen atoms in total. The van der Waals surface area contributed by atoms with Crippen LogP contribution in [0, 0.1) is 0 Å². The van der Waals surface area contributed by atoms with Gasteiger partial charge in [0.2, 0.25) is 10.0 Å². The van der Waals surface area contributed by atoms with Crippen molar-refractivity contribution >= 4 is 34.8 Å². The monoisotopic (exact) mass is 395 g/mol. The van der Waals surface area contributed by atoms with Crippen LogP contribution in [-0.4, -0.2) is 52.6 Å². The Morgan fingerprint density at radius 1 is 1.04 bits per heavy atom. The Balaban J connectivity index is 0.00000144. The predicted molar refractivity (Wildman–Crippen MR) is 102 cm³/mol. The third-order valence-electron chi connectivity index (χ3n) is 4.56. The number of hydrogen-bond acceptors (Lipinski definition) is 4. The fourth-order valence-corrected chi connectivity index (χ4v) is 4.30. The molecule has 1 aliphatic carbocycles. The third-order valence-corrected chi connectivity index (χ3v) is 6.02. The summed E-state index contributed by atoms with van der Waals surface area (Å²) in [7, 11) is -3.39. The minimum atomic E-state index is -3.39. The zero-order chi connectivity index (χ0) is 15.4. The van der Waals surface area contributed by atoms with Crippen LogP contribution >= 0.6 is 24.8 Å². The van der Waals surface area contributed by atoms with Crippen molar-refractivity contribution in [1.82, 2.24) is 14.9 Å². The van der Waals surface area contributed by atoms with Gasteiger partial charge in [-0.2, -0.15) is 0 Å². The molecule has 8 heteroatoms. The Bertz CT molecular complexity index is 620. The highest BCUT2D eigenvalue weighted by molar-refractivity contribution is 7.89. The van der Waals surface area contributed by atoms with E-state index in [1.165, 1.54) is 17.5 Å². The lowest BCUT2D eigenvalue weighted by Crippen LogP contribution is -2.46. The molecule has 1 heterocycles. The van der Waals surface area contributed by atoms with Crippen molar-refractivity contribution in [3.8, 4) is 0 Å². The van der Waals surface area contributed by atoms with E-state index in [0.717, 1.165) is 52.0 Å².